The highest BCUT2D eigenvalue weighted by atomic mass is 15.0. The van der Waals surface area contributed by atoms with Crippen molar-refractivity contribution in [3.63, 3.8) is 0 Å². The minimum atomic E-state index is 0.233. The maximum Gasteiger partial charge on any atom is 0.164 e. The third kappa shape index (κ3) is 4.23. The number of rotatable bonds is 4. The van der Waals surface area contributed by atoms with Crippen molar-refractivity contribution in [2.45, 2.75) is 12.3 Å². The Morgan fingerprint density at radius 3 is 1.61 bits per heavy atom. The van der Waals surface area contributed by atoms with Crippen molar-refractivity contribution in [2.75, 3.05) is 0 Å². The van der Waals surface area contributed by atoms with Crippen molar-refractivity contribution in [3.8, 4) is 62.1 Å². The summed E-state index contributed by atoms with van der Waals surface area (Å²) in [6.07, 6.45) is 0.926. The molecule has 238 valence electrons. The molecular weight excluding hydrogens is 621 g/mol. The van der Waals surface area contributed by atoms with Gasteiger partial charge in [-0.1, -0.05) is 127 Å². The van der Waals surface area contributed by atoms with Crippen molar-refractivity contribution in [2.24, 2.45) is 0 Å². The molecule has 0 aliphatic heterocycles. The first kappa shape index (κ1) is 28.2. The number of aromatic nitrogens is 4. The van der Waals surface area contributed by atoms with Gasteiger partial charge in [-0.3, -0.25) is 0 Å². The van der Waals surface area contributed by atoms with E-state index in [-0.39, 0.29) is 5.92 Å². The quantitative estimate of drug-likeness (QED) is 0.190. The van der Waals surface area contributed by atoms with Crippen molar-refractivity contribution in [1.29, 1.82) is 0 Å². The molecule has 9 aromatic rings. The van der Waals surface area contributed by atoms with E-state index in [1.54, 1.807) is 0 Å². The van der Waals surface area contributed by atoms with Gasteiger partial charge in [0.15, 0.2) is 17.5 Å². The summed E-state index contributed by atoms with van der Waals surface area (Å²) in [6.45, 7) is 0. The number of hydrogen-bond acceptors (Lipinski definition) is 3. The number of nitrogens with zero attached hydrogens (tertiary/aromatic N) is 4. The van der Waals surface area contributed by atoms with Gasteiger partial charge in [0.2, 0.25) is 0 Å². The van der Waals surface area contributed by atoms with Gasteiger partial charge in [-0.15, -0.1) is 0 Å². The van der Waals surface area contributed by atoms with E-state index in [1.165, 1.54) is 66.4 Å². The van der Waals surface area contributed by atoms with Gasteiger partial charge in [-0.25, -0.2) is 15.0 Å². The van der Waals surface area contributed by atoms with E-state index in [0.717, 1.165) is 23.1 Å². The molecule has 4 bridgehead atoms. The van der Waals surface area contributed by atoms with Crippen LogP contribution in [0.3, 0.4) is 0 Å². The molecule has 2 aromatic heterocycles. The first-order valence-corrected chi connectivity index (χ1v) is 17.6. The predicted molar refractivity (Wildman–Crippen MR) is 207 cm³/mol. The standard InChI is InChI=1S/C47H30N4/c1-4-14-29(15-5-1)45-48-46(30-16-6-2-7-17-30)50-47(49-45)31-26-37-33-20-10-11-21-34(33)39-28-40(37)38(27-31)35-22-12-24-41-43(35)44-36(39)23-13-25-42(44)51(41)32-18-8-3-9-19-32/h1-27,39H,28H2. The van der Waals surface area contributed by atoms with E-state index in [9.17, 15) is 0 Å². The Hall–Kier alpha value is -6.65. The average Bonchev–Trinajstić information content (AvgIpc) is 3.55. The molecule has 1 atom stereocenters. The summed E-state index contributed by atoms with van der Waals surface area (Å²) in [4.78, 5) is 15.3. The lowest BCUT2D eigenvalue weighted by Gasteiger charge is -2.32. The fraction of sp³-hybridized carbons (Fsp3) is 0.0426. The Kier molecular flexibility index (Phi) is 6.05. The molecule has 0 radical (unpaired) electrons. The second-order valence-electron chi connectivity index (χ2n) is 13.5. The van der Waals surface area contributed by atoms with Crippen LogP contribution < -0.4 is 0 Å². The smallest absolute Gasteiger partial charge is 0.164 e. The van der Waals surface area contributed by atoms with E-state index in [4.69, 9.17) is 15.0 Å². The molecule has 0 amide bonds. The maximum absolute atomic E-state index is 5.18. The molecule has 2 heterocycles. The second-order valence-corrected chi connectivity index (χ2v) is 13.5. The zero-order valence-electron chi connectivity index (χ0n) is 27.7. The molecule has 2 aliphatic carbocycles. The summed E-state index contributed by atoms with van der Waals surface area (Å²) in [5.74, 6) is 2.23. The molecule has 4 nitrogen and oxygen atoms in total. The Balaban J connectivity index is 1.25. The lowest BCUT2D eigenvalue weighted by molar-refractivity contribution is 0.801. The minimum absolute atomic E-state index is 0.233. The van der Waals surface area contributed by atoms with Crippen LogP contribution in [-0.4, -0.2) is 19.5 Å². The molecule has 51 heavy (non-hydrogen) atoms. The maximum atomic E-state index is 5.18. The molecule has 2 aliphatic rings. The van der Waals surface area contributed by atoms with Crippen LogP contribution >= 0.6 is 0 Å². The van der Waals surface area contributed by atoms with Crippen LogP contribution in [0.1, 0.15) is 22.6 Å². The van der Waals surface area contributed by atoms with Crippen LogP contribution in [0.4, 0.5) is 0 Å². The second kappa shape index (κ2) is 10.9. The number of hydrogen-bond donors (Lipinski definition) is 0. The Morgan fingerprint density at radius 2 is 0.922 bits per heavy atom. The van der Waals surface area contributed by atoms with Crippen LogP contribution in [0.25, 0.3) is 83.9 Å². The lowest BCUT2D eigenvalue weighted by Crippen LogP contribution is -2.15. The molecule has 1 unspecified atom stereocenters. The fourth-order valence-electron chi connectivity index (χ4n) is 8.58. The van der Waals surface area contributed by atoms with Crippen LogP contribution in [0.5, 0.6) is 0 Å². The van der Waals surface area contributed by atoms with Gasteiger partial charge >= 0.3 is 0 Å². The Labute approximate surface area is 295 Å². The van der Waals surface area contributed by atoms with Crippen LogP contribution in [0.15, 0.2) is 164 Å². The predicted octanol–water partition coefficient (Wildman–Crippen LogP) is 11.3. The van der Waals surface area contributed by atoms with E-state index >= 15 is 0 Å². The van der Waals surface area contributed by atoms with E-state index in [2.05, 4.69) is 132 Å². The van der Waals surface area contributed by atoms with Gasteiger partial charge in [0.1, 0.15) is 0 Å². The van der Waals surface area contributed by atoms with E-state index in [1.807, 2.05) is 36.4 Å². The van der Waals surface area contributed by atoms with E-state index < -0.39 is 0 Å². The number of benzene rings is 7. The van der Waals surface area contributed by atoms with Gasteiger partial charge < -0.3 is 4.57 Å². The minimum Gasteiger partial charge on any atom is -0.309 e. The third-order valence-electron chi connectivity index (χ3n) is 10.8. The first-order chi connectivity index (χ1) is 25.3. The summed E-state index contributed by atoms with van der Waals surface area (Å²) in [5, 5.41) is 2.63. The summed E-state index contributed by atoms with van der Waals surface area (Å²) in [6, 6.07) is 58.6. The summed E-state index contributed by atoms with van der Waals surface area (Å²) < 4.78 is 2.44. The van der Waals surface area contributed by atoms with Gasteiger partial charge in [0.25, 0.3) is 0 Å². The summed E-state index contributed by atoms with van der Waals surface area (Å²) in [7, 11) is 0. The van der Waals surface area contributed by atoms with Crippen LogP contribution in [-0.2, 0) is 6.42 Å². The molecule has 0 spiro atoms. The molecule has 0 saturated heterocycles. The molecular formula is C47H30N4. The average molecular weight is 651 g/mol. The van der Waals surface area contributed by atoms with Crippen molar-refractivity contribution in [1.82, 2.24) is 19.5 Å². The highest BCUT2D eigenvalue weighted by molar-refractivity contribution is 6.18. The molecule has 0 fully saturated rings. The van der Waals surface area contributed by atoms with Gasteiger partial charge in [0.05, 0.1) is 11.0 Å². The zero-order chi connectivity index (χ0) is 33.5. The topological polar surface area (TPSA) is 43.6 Å². The van der Waals surface area contributed by atoms with Crippen molar-refractivity contribution in [3.05, 3.63) is 180 Å². The normalized spacial score (nSPS) is 14.0. The Bertz CT molecular complexity index is 2760. The highest BCUT2D eigenvalue weighted by Crippen LogP contribution is 2.53. The Morgan fingerprint density at radius 1 is 0.412 bits per heavy atom. The summed E-state index contributed by atoms with van der Waals surface area (Å²) >= 11 is 0. The van der Waals surface area contributed by atoms with Crippen molar-refractivity contribution < 1.29 is 0 Å². The summed E-state index contributed by atoms with van der Waals surface area (Å²) in [5.41, 5.74) is 15.7. The van der Waals surface area contributed by atoms with E-state index in [0.29, 0.717) is 17.5 Å². The monoisotopic (exact) mass is 650 g/mol. The van der Waals surface area contributed by atoms with Gasteiger partial charge in [-0.2, -0.15) is 0 Å². The molecule has 11 rings (SSSR count). The van der Waals surface area contributed by atoms with Crippen LogP contribution in [0, 0.1) is 0 Å². The van der Waals surface area contributed by atoms with Gasteiger partial charge in [0, 0.05) is 39.1 Å². The lowest BCUT2D eigenvalue weighted by atomic mass is 9.71. The zero-order valence-corrected chi connectivity index (χ0v) is 27.7. The van der Waals surface area contributed by atoms with Crippen molar-refractivity contribution >= 4 is 21.8 Å². The molecule has 0 saturated carbocycles. The molecule has 7 aromatic carbocycles. The SMILES string of the molecule is c1ccc(-c2nc(-c3ccccc3)nc(-c3cc4c5c(c3)-c3cccc6c3c3c(cccc3n6-c3ccccc3)C(C5)c3ccccc3-4)n2)cc1. The van der Waals surface area contributed by atoms with Gasteiger partial charge in [-0.05, 0) is 81.8 Å². The third-order valence-corrected chi connectivity index (χ3v) is 10.8. The highest BCUT2D eigenvalue weighted by Gasteiger charge is 2.34. The molecule has 4 heteroatoms. The first-order valence-electron chi connectivity index (χ1n) is 17.6. The van der Waals surface area contributed by atoms with Crippen LogP contribution in [0.2, 0.25) is 0 Å². The molecule has 0 N–H and O–H groups in total. The number of para-hydroxylation sites is 1. The largest absolute Gasteiger partial charge is 0.309 e. The number of fused-ring (bicyclic) bond motifs is 2. The fourth-order valence-corrected chi connectivity index (χ4v) is 8.58.